The zero-order chi connectivity index (χ0) is 17.2. The van der Waals surface area contributed by atoms with Gasteiger partial charge in [-0.2, -0.15) is 8.42 Å². The van der Waals surface area contributed by atoms with Crippen LogP contribution in [0.4, 0.5) is 15.3 Å². The van der Waals surface area contributed by atoms with E-state index in [1.165, 1.54) is 4.90 Å². The summed E-state index contributed by atoms with van der Waals surface area (Å²) in [5, 5.41) is 2.74. The lowest BCUT2D eigenvalue weighted by molar-refractivity contribution is -0.119. The van der Waals surface area contributed by atoms with Gasteiger partial charge in [-0.25, -0.2) is 0 Å². The van der Waals surface area contributed by atoms with Crippen LogP contribution in [-0.4, -0.2) is 32.5 Å². The van der Waals surface area contributed by atoms with Gasteiger partial charge in [0.1, 0.15) is 0 Å². The van der Waals surface area contributed by atoms with Crippen LogP contribution in [0.25, 0.3) is 0 Å². The first kappa shape index (κ1) is 17.4. The van der Waals surface area contributed by atoms with Gasteiger partial charge in [0.25, 0.3) is 0 Å². The molecule has 1 atom stereocenters. The van der Waals surface area contributed by atoms with Gasteiger partial charge in [0.15, 0.2) is 0 Å². The summed E-state index contributed by atoms with van der Waals surface area (Å²) in [6.07, 6.45) is -0.00820. The first-order chi connectivity index (χ1) is 10.7. The van der Waals surface area contributed by atoms with Crippen molar-refractivity contribution in [2.24, 2.45) is 11.8 Å². The summed E-state index contributed by atoms with van der Waals surface area (Å²) < 4.78 is 34.2. The first-order valence-electron chi connectivity index (χ1n) is 7.29. The van der Waals surface area contributed by atoms with Gasteiger partial charge in [-0.3, -0.25) is 9.59 Å². The van der Waals surface area contributed by atoms with E-state index in [0.29, 0.717) is 11.4 Å². The molecule has 6 nitrogen and oxygen atoms in total. The van der Waals surface area contributed by atoms with Crippen molar-refractivity contribution >= 4 is 33.4 Å². The molecule has 2 rings (SSSR count). The second-order valence-electron chi connectivity index (χ2n) is 5.97. The summed E-state index contributed by atoms with van der Waals surface area (Å²) >= 11 is 0. The van der Waals surface area contributed by atoms with Crippen LogP contribution in [0.2, 0.25) is 0 Å². The molecule has 0 aromatic heterocycles. The van der Waals surface area contributed by atoms with Gasteiger partial charge in [-0.1, -0.05) is 19.9 Å². The van der Waals surface area contributed by atoms with Crippen molar-refractivity contribution in [1.29, 1.82) is 0 Å². The van der Waals surface area contributed by atoms with Gasteiger partial charge in [0, 0.05) is 36.2 Å². The van der Waals surface area contributed by atoms with Crippen molar-refractivity contribution in [2.45, 2.75) is 20.3 Å². The van der Waals surface area contributed by atoms with E-state index in [1.807, 2.05) is 0 Å². The third-order valence-electron chi connectivity index (χ3n) is 3.59. The lowest BCUT2D eigenvalue weighted by Gasteiger charge is -2.18. The number of rotatable bonds is 5. The molecule has 1 aromatic rings. The summed E-state index contributed by atoms with van der Waals surface area (Å²) in [7, 11) is -4.61. The molecule has 0 bridgehead atoms. The normalized spacial score (nSPS) is 18.5. The van der Waals surface area contributed by atoms with Gasteiger partial charge in [-0.05, 0) is 18.2 Å². The standard InChI is InChI=1S/C15H19FN2O4S/c1-10(2)15(20)17-12-4-3-5-13(7-12)18-8-11(6-14(18)19)9-23(16,21)22/h3-5,7,10-11H,6,8-9H2,1-2H3,(H,17,20). The number of carbonyl (C=O) groups excluding carboxylic acids is 2. The minimum Gasteiger partial charge on any atom is -0.326 e. The number of nitrogens with one attached hydrogen (secondary N) is 1. The summed E-state index contributed by atoms with van der Waals surface area (Å²) in [4.78, 5) is 25.2. The van der Waals surface area contributed by atoms with Crippen LogP contribution in [0.1, 0.15) is 20.3 Å². The Morgan fingerprint density at radius 1 is 1.43 bits per heavy atom. The average Bonchev–Trinajstić information content (AvgIpc) is 2.77. The van der Waals surface area contributed by atoms with Gasteiger partial charge < -0.3 is 10.2 Å². The lowest BCUT2D eigenvalue weighted by Crippen LogP contribution is -2.25. The van der Waals surface area contributed by atoms with Gasteiger partial charge in [-0.15, -0.1) is 3.89 Å². The minimum atomic E-state index is -4.61. The third-order valence-corrected chi connectivity index (χ3v) is 4.46. The molecule has 1 fully saturated rings. The zero-order valence-corrected chi connectivity index (χ0v) is 13.8. The Kier molecular flexibility index (Phi) is 5.03. The predicted molar refractivity (Wildman–Crippen MR) is 85.3 cm³/mol. The lowest BCUT2D eigenvalue weighted by atomic mass is 10.1. The maximum Gasteiger partial charge on any atom is 0.302 e. The molecule has 126 valence electrons. The molecule has 0 saturated carbocycles. The van der Waals surface area contributed by atoms with E-state index in [4.69, 9.17) is 0 Å². The number of carbonyl (C=O) groups is 2. The fraction of sp³-hybridized carbons (Fsp3) is 0.467. The van der Waals surface area contributed by atoms with Crippen LogP contribution in [-0.2, 0) is 19.8 Å². The molecule has 1 unspecified atom stereocenters. The molecular weight excluding hydrogens is 323 g/mol. The summed E-state index contributed by atoms with van der Waals surface area (Å²) in [6.45, 7) is 3.68. The zero-order valence-electron chi connectivity index (χ0n) is 13.0. The maximum absolute atomic E-state index is 12.8. The summed E-state index contributed by atoms with van der Waals surface area (Å²) in [5.74, 6) is -1.79. The molecule has 1 aromatic carbocycles. The fourth-order valence-corrected chi connectivity index (χ4v) is 3.25. The number of amides is 2. The van der Waals surface area contributed by atoms with E-state index in [9.17, 15) is 21.9 Å². The van der Waals surface area contributed by atoms with Crippen molar-refractivity contribution in [3.8, 4) is 0 Å². The van der Waals surface area contributed by atoms with E-state index >= 15 is 0 Å². The molecule has 0 spiro atoms. The maximum atomic E-state index is 12.8. The van der Waals surface area contributed by atoms with E-state index in [-0.39, 0.29) is 30.7 Å². The van der Waals surface area contributed by atoms with Gasteiger partial charge in [0.05, 0.1) is 5.75 Å². The first-order valence-corrected chi connectivity index (χ1v) is 8.84. The van der Waals surface area contributed by atoms with Crippen molar-refractivity contribution in [3.05, 3.63) is 24.3 Å². The highest BCUT2D eigenvalue weighted by Crippen LogP contribution is 2.28. The van der Waals surface area contributed by atoms with Crippen LogP contribution in [0.15, 0.2) is 24.3 Å². The van der Waals surface area contributed by atoms with Crippen molar-refractivity contribution in [1.82, 2.24) is 0 Å². The molecular formula is C15H19FN2O4S. The Labute approximate surface area is 134 Å². The van der Waals surface area contributed by atoms with Gasteiger partial charge >= 0.3 is 10.2 Å². The Morgan fingerprint density at radius 2 is 2.13 bits per heavy atom. The molecule has 23 heavy (non-hydrogen) atoms. The summed E-state index contributed by atoms with van der Waals surface area (Å²) in [6, 6.07) is 6.73. The Balaban J connectivity index is 2.13. The van der Waals surface area contributed by atoms with Crippen LogP contribution in [0.5, 0.6) is 0 Å². The second-order valence-corrected chi connectivity index (χ2v) is 7.39. The predicted octanol–water partition coefficient (Wildman–Crippen LogP) is 1.93. The van der Waals surface area contributed by atoms with E-state index in [1.54, 1.807) is 38.1 Å². The van der Waals surface area contributed by atoms with E-state index < -0.39 is 21.9 Å². The van der Waals surface area contributed by atoms with Crippen LogP contribution < -0.4 is 10.2 Å². The molecule has 1 saturated heterocycles. The third kappa shape index (κ3) is 4.75. The largest absolute Gasteiger partial charge is 0.326 e. The average molecular weight is 342 g/mol. The summed E-state index contributed by atoms with van der Waals surface area (Å²) in [5.41, 5.74) is 1.10. The number of anilines is 2. The molecule has 0 radical (unpaired) electrons. The van der Waals surface area contributed by atoms with E-state index in [0.717, 1.165) is 0 Å². The molecule has 1 aliphatic rings. The van der Waals surface area contributed by atoms with Crippen LogP contribution >= 0.6 is 0 Å². The molecule has 1 aliphatic heterocycles. The molecule has 8 heteroatoms. The Bertz CT molecular complexity index is 718. The molecule has 2 amide bonds. The Morgan fingerprint density at radius 3 is 2.74 bits per heavy atom. The second kappa shape index (κ2) is 6.66. The monoisotopic (exact) mass is 342 g/mol. The quantitative estimate of drug-likeness (QED) is 0.829. The fourth-order valence-electron chi connectivity index (χ4n) is 2.46. The van der Waals surface area contributed by atoms with Crippen LogP contribution in [0, 0.1) is 11.8 Å². The number of nitrogens with zero attached hydrogens (tertiary/aromatic N) is 1. The molecule has 1 heterocycles. The molecule has 0 aliphatic carbocycles. The topological polar surface area (TPSA) is 83.6 Å². The Hall–Kier alpha value is -1.96. The number of hydrogen-bond acceptors (Lipinski definition) is 4. The molecule has 1 N–H and O–H groups in total. The number of benzene rings is 1. The van der Waals surface area contributed by atoms with Crippen molar-refractivity contribution in [2.75, 3.05) is 22.5 Å². The number of hydrogen-bond donors (Lipinski definition) is 1. The van der Waals surface area contributed by atoms with Crippen LogP contribution in [0.3, 0.4) is 0 Å². The highest BCUT2D eigenvalue weighted by Gasteiger charge is 2.33. The number of halogens is 1. The minimum absolute atomic E-state index is 0.00820. The van der Waals surface area contributed by atoms with Gasteiger partial charge in [0.2, 0.25) is 11.8 Å². The SMILES string of the molecule is CC(C)C(=O)Nc1cccc(N2CC(CS(=O)(=O)F)CC2=O)c1. The van der Waals surface area contributed by atoms with Crippen molar-refractivity contribution < 1.29 is 21.9 Å². The van der Waals surface area contributed by atoms with E-state index in [2.05, 4.69) is 5.32 Å². The smallest absolute Gasteiger partial charge is 0.302 e. The van der Waals surface area contributed by atoms with Crippen molar-refractivity contribution in [3.63, 3.8) is 0 Å². The highest BCUT2D eigenvalue weighted by molar-refractivity contribution is 7.86. The highest BCUT2D eigenvalue weighted by atomic mass is 32.3.